The van der Waals surface area contributed by atoms with Crippen LogP contribution >= 0.6 is 11.3 Å². The van der Waals surface area contributed by atoms with Crippen molar-refractivity contribution >= 4 is 53.3 Å². The molecule has 9 aromatic carbocycles. The van der Waals surface area contributed by atoms with Crippen LogP contribution in [0.15, 0.2) is 206 Å². The minimum absolute atomic E-state index is 0.523. The fourth-order valence-corrected chi connectivity index (χ4v) is 10.3. The van der Waals surface area contributed by atoms with Crippen LogP contribution in [0, 0.1) is 22.7 Å². The topological polar surface area (TPSA) is 91.2 Å². The summed E-state index contributed by atoms with van der Waals surface area (Å²) in [6, 6.07) is 75.1. The van der Waals surface area contributed by atoms with Crippen molar-refractivity contribution in [1.29, 1.82) is 10.5 Å². The summed E-state index contributed by atoms with van der Waals surface area (Å²) in [5, 5.41) is 25.0. The van der Waals surface area contributed by atoms with Crippen molar-refractivity contribution < 1.29 is 0 Å². The van der Waals surface area contributed by atoms with Crippen LogP contribution in [0.5, 0.6) is 0 Å². The number of nitriles is 2. The summed E-state index contributed by atoms with van der Waals surface area (Å²) in [6.07, 6.45) is 0. The third kappa shape index (κ3) is 6.59. The van der Waals surface area contributed by atoms with E-state index in [4.69, 9.17) is 15.0 Å². The fraction of sp³-hybridized carbons (Fsp3) is 0. The van der Waals surface area contributed by atoms with Crippen LogP contribution in [-0.4, -0.2) is 19.5 Å². The summed E-state index contributed by atoms with van der Waals surface area (Å²) in [4.78, 5) is 15.7. The van der Waals surface area contributed by atoms with Crippen LogP contribution in [0.1, 0.15) is 11.1 Å². The van der Waals surface area contributed by atoms with E-state index in [0.717, 1.165) is 77.6 Å². The fourth-order valence-electron chi connectivity index (χ4n) is 9.20. The molecule has 0 unspecified atom stereocenters. The van der Waals surface area contributed by atoms with Crippen LogP contribution in [0.25, 0.3) is 115 Å². The second-order valence-corrected chi connectivity index (χ2v) is 17.3. The molecule has 306 valence electrons. The Kier molecular flexibility index (Phi) is 9.35. The van der Waals surface area contributed by atoms with E-state index in [1.165, 1.54) is 20.2 Å². The average Bonchev–Trinajstić information content (AvgIpc) is 3.93. The molecule has 0 aliphatic rings. The lowest BCUT2D eigenvalue weighted by atomic mass is 9.98. The van der Waals surface area contributed by atoms with Gasteiger partial charge in [-0.1, -0.05) is 158 Å². The van der Waals surface area contributed by atoms with Gasteiger partial charge in [-0.3, -0.25) is 0 Å². The summed E-state index contributed by atoms with van der Waals surface area (Å²) in [6.45, 7) is 0. The monoisotopic (exact) mass is 858 g/mol. The SMILES string of the molecule is N#Cc1ccccc1-c1ccc2c3ccc(-c4ccccc4C#N)cc3n(-c3ccc(-c4ccc5c(c4)sc4ccccc45)cc3-c3nc(-c4ccccc4)nc(-c4ccccc4)n3)c2c1. The molecule has 3 aromatic heterocycles. The Morgan fingerprint density at radius 2 is 0.818 bits per heavy atom. The first-order chi connectivity index (χ1) is 32.6. The number of nitrogens with zero attached hydrogens (tertiary/aromatic N) is 6. The van der Waals surface area contributed by atoms with Crippen molar-refractivity contribution in [2.75, 3.05) is 0 Å². The van der Waals surface area contributed by atoms with Crippen LogP contribution in [0.3, 0.4) is 0 Å². The molecule has 0 N–H and O–H groups in total. The average molecular weight is 859 g/mol. The van der Waals surface area contributed by atoms with Gasteiger partial charge in [0, 0.05) is 47.6 Å². The molecule has 6 nitrogen and oxygen atoms in total. The van der Waals surface area contributed by atoms with Crippen LogP contribution in [0.4, 0.5) is 0 Å². The van der Waals surface area contributed by atoms with Gasteiger partial charge in [0.15, 0.2) is 17.5 Å². The Hall–Kier alpha value is -9.01. The zero-order valence-electron chi connectivity index (χ0n) is 35.2. The summed E-state index contributed by atoms with van der Waals surface area (Å²) in [7, 11) is 0. The van der Waals surface area contributed by atoms with E-state index < -0.39 is 0 Å². The van der Waals surface area contributed by atoms with E-state index in [-0.39, 0.29) is 0 Å². The molecule has 0 saturated heterocycles. The van der Waals surface area contributed by atoms with Crippen LogP contribution in [-0.2, 0) is 0 Å². The number of thiophene rings is 1. The Morgan fingerprint density at radius 1 is 0.348 bits per heavy atom. The second-order valence-electron chi connectivity index (χ2n) is 16.2. The lowest BCUT2D eigenvalue weighted by Crippen LogP contribution is -2.04. The molecule has 0 saturated carbocycles. The molecular formula is C59H34N6S. The molecule has 0 aliphatic heterocycles. The normalized spacial score (nSPS) is 11.3. The summed E-state index contributed by atoms with van der Waals surface area (Å²) in [5.74, 6) is 1.65. The number of benzene rings is 9. The highest BCUT2D eigenvalue weighted by Crippen LogP contribution is 2.43. The highest BCUT2D eigenvalue weighted by atomic mass is 32.1. The van der Waals surface area contributed by atoms with Crippen LogP contribution in [0.2, 0.25) is 0 Å². The van der Waals surface area contributed by atoms with Crippen molar-refractivity contribution in [3.63, 3.8) is 0 Å². The highest BCUT2D eigenvalue weighted by Gasteiger charge is 2.22. The lowest BCUT2D eigenvalue weighted by Gasteiger charge is -2.17. The zero-order chi connectivity index (χ0) is 44.1. The van der Waals surface area contributed by atoms with Gasteiger partial charge in [0.05, 0.1) is 40.0 Å². The van der Waals surface area contributed by atoms with Gasteiger partial charge >= 0.3 is 0 Å². The van der Waals surface area contributed by atoms with Gasteiger partial charge in [-0.15, -0.1) is 11.3 Å². The Labute approximate surface area is 384 Å². The van der Waals surface area contributed by atoms with Gasteiger partial charge < -0.3 is 4.57 Å². The first-order valence-electron chi connectivity index (χ1n) is 21.6. The Morgan fingerprint density at radius 3 is 1.42 bits per heavy atom. The van der Waals surface area contributed by atoms with Gasteiger partial charge in [0.2, 0.25) is 0 Å². The lowest BCUT2D eigenvalue weighted by molar-refractivity contribution is 1.06. The molecule has 0 spiro atoms. The molecule has 0 fully saturated rings. The van der Waals surface area contributed by atoms with Crippen molar-refractivity contribution in [3.8, 4) is 85.4 Å². The predicted molar refractivity (Wildman–Crippen MR) is 269 cm³/mol. The Bertz CT molecular complexity index is 3790. The van der Waals surface area contributed by atoms with Crippen molar-refractivity contribution in [1.82, 2.24) is 19.5 Å². The molecule has 3 heterocycles. The van der Waals surface area contributed by atoms with E-state index in [1.54, 1.807) is 11.3 Å². The van der Waals surface area contributed by atoms with Crippen LogP contribution < -0.4 is 0 Å². The van der Waals surface area contributed by atoms with Gasteiger partial charge in [-0.25, -0.2) is 15.0 Å². The minimum atomic E-state index is 0.523. The first kappa shape index (κ1) is 38.6. The van der Waals surface area contributed by atoms with Gasteiger partial charge in [0.1, 0.15) is 0 Å². The number of hydrogen-bond donors (Lipinski definition) is 0. The number of hydrogen-bond acceptors (Lipinski definition) is 6. The number of fused-ring (bicyclic) bond motifs is 6. The van der Waals surface area contributed by atoms with Gasteiger partial charge in [-0.2, -0.15) is 10.5 Å². The summed E-state index contributed by atoms with van der Waals surface area (Å²) in [5.41, 5.74) is 12.2. The maximum atomic E-state index is 10.2. The smallest absolute Gasteiger partial charge is 0.166 e. The van der Waals surface area contributed by atoms with E-state index in [9.17, 15) is 10.5 Å². The molecule has 0 radical (unpaired) electrons. The maximum Gasteiger partial charge on any atom is 0.166 e. The molecule has 0 aliphatic carbocycles. The standard InChI is InChI=1S/C59H34N6S/c60-35-43-17-7-9-19-45(43)41-24-27-47-48-28-25-42(46-20-10-8-18-44(46)36-61)33-54(48)65(53(47)32-41)52-30-26-39(40-23-29-50-49-21-11-12-22-55(49)66-56(50)34-40)31-51(52)59-63-57(37-13-3-1-4-14-37)62-58(64-59)38-15-5-2-6-16-38/h1-34H. The number of aromatic nitrogens is 4. The summed E-state index contributed by atoms with van der Waals surface area (Å²) >= 11 is 1.80. The molecule has 0 amide bonds. The second kappa shape index (κ2) is 16.0. The highest BCUT2D eigenvalue weighted by molar-refractivity contribution is 7.25. The molecule has 7 heteroatoms. The maximum absolute atomic E-state index is 10.2. The largest absolute Gasteiger partial charge is 0.308 e. The molecular weight excluding hydrogens is 825 g/mol. The molecule has 12 rings (SSSR count). The molecule has 12 aromatic rings. The van der Waals surface area contributed by atoms with Gasteiger partial charge in [-0.05, 0) is 81.9 Å². The quantitative estimate of drug-likeness (QED) is 0.159. The number of rotatable bonds is 7. The third-order valence-corrected chi connectivity index (χ3v) is 13.5. The van der Waals surface area contributed by atoms with Crippen molar-refractivity contribution in [2.45, 2.75) is 0 Å². The first-order valence-corrected chi connectivity index (χ1v) is 22.4. The zero-order valence-corrected chi connectivity index (χ0v) is 36.0. The minimum Gasteiger partial charge on any atom is -0.308 e. The predicted octanol–water partition coefficient (Wildman–Crippen LogP) is 15.1. The third-order valence-electron chi connectivity index (χ3n) is 12.4. The summed E-state index contributed by atoms with van der Waals surface area (Å²) < 4.78 is 4.77. The van der Waals surface area contributed by atoms with E-state index >= 15 is 0 Å². The van der Waals surface area contributed by atoms with Crippen molar-refractivity contribution in [2.24, 2.45) is 0 Å². The van der Waals surface area contributed by atoms with Gasteiger partial charge in [0.25, 0.3) is 0 Å². The van der Waals surface area contributed by atoms with Crippen molar-refractivity contribution in [3.05, 3.63) is 217 Å². The van der Waals surface area contributed by atoms with E-state index in [0.29, 0.717) is 28.6 Å². The molecule has 0 bridgehead atoms. The van der Waals surface area contributed by atoms with E-state index in [1.807, 2.05) is 109 Å². The molecule has 0 atom stereocenters. The van der Waals surface area contributed by atoms with E-state index in [2.05, 4.69) is 114 Å². The Balaban J connectivity index is 1.18. The molecule has 66 heavy (non-hydrogen) atoms.